The molecule has 0 radical (unpaired) electrons. The molecule has 0 saturated carbocycles. The first-order valence-electron chi connectivity index (χ1n) is 7.21. The topological polar surface area (TPSA) is 101 Å². The maximum Gasteiger partial charge on any atom is 0.268 e. The van der Waals surface area contributed by atoms with Gasteiger partial charge in [-0.3, -0.25) is 10.1 Å². The second kappa shape index (κ2) is 6.80. The van der Waals surface area contributed by atoms with Gasteiger partial charge in [0.2, 0.25) is 0 Å². The Morgan fingerprint density at radius 1 is 1.59 bits per heavy atom. The number of hydrogen-bond donors (Lipinski definition) is 4. The molecule has 1 saturated heterocycles. The third-order valence-electron chi connectivity index (χ3n) is 4.40. The molecule has 22 heavy (non-hydrogen) atoms. The van der Waals surface area contributed by atoms with Crippen molar-refractivity contribution < 1.29 is 19.6 Å². The molecule has 1 aromatic rings. The van der Waals surface area contributed by atoms with Crippen LogP contribution < -0.4 is 20.6 Å². The van der Waals surface area contributed by atoms with Crippen LogP contribution in [0.2, 0.25) is 0 Å². The van der Waals surface area contributed by atoms with Gasteiger partial charge in [0.1, 0.15) is 17.9 Å². The molecule has 122 valence electrons. The molecule has 2 heterocycles. The average molecular weight is 373 g/mol. The summed E-state index contributed by atoms with van der Waals surface area (Å²) in [6.07, 6.45) is 2.64. The molecular formula is C14H21BrN4O3. The van der Waals surface area contributed by atoms with Crippen LogP contribution in [0.3, 0.4) is 0 Å². The number of likely N-dealkylation sites (N-methyl/N-ethyl adjacent to an activating group) is 1. The lowest BCUT2D eigenvalue weighted by atomic mass is 9.93. The van der Waals surface area contributed by atoms with Crippen molar-refractivity contribution >= 4 is 27.8 Å². The Morgan fingerprint density at radius 2 is 2.32 bits per heavy atom. The van der Waals surface area contributed by atoms with Crippen molar-refractivity contribution in [1.82, 2.24) is 15.6 Å². The van der Waals surface area contributed by atoms with Gasteiger partial charge in [0, 0.05) is 17.1 Å². The van der Waals surface area contributed by atoms with E-state index in [2.05, 4.69) is 45.5 Å². The Hall–Kier alpha value is -1.38. The number of H-pyrrole nitrogens is 1. The van der Waals surface area contributed by atoms with Crippen LogP contribution in [0, 0.1) is 0 Å². The molecular weight excluding hydrogens is 352 g/mol. The zero-order valence-electron chi connectivity index (χ0n) is 12.7. The largest absolute Gasteiger partial charge is 0.548 e. The average Bonchev–Trinajstić information content (AvgIpc) is 3.02. The van der Waals surface area contributed by atoms with Gasteiger partial charge >= 0.3 is 0 Å². The number of nitrogens with one attached hydrogen (secondary N) is 4. The molecule has 0 aliphatic carbocycles. The van der Waals surface area contributed by atoms with Gasteiger partial charge in [-0.2, -0.15) is 0 Å². The Labute approximate surface area is 137 Å². The lowest BCUT2D eigenvalue weighted by Gasteiger charge is -2.30. The monoisotopic (exact) mass is 372 g/mol. The van der Waals surface area contributed by atoms with Crippen molar-refractivity contribution in [3.05, 3.63) is 22.4 Å². The lowest BCUT2D eigenvalue weighted by molar-refractivity contribution is -0.918. The van der Waals surface area contributed by atoms with E-state index in [1.54, 1.807) is 12.3 Å². The number of aromatic amines is 1. The number of carbonyl (C=O) groups is 2. The van der Waals surface area contributed by atoms with Gasteiger partial charge in [0.05, 0.1) is 25.6 Å². The van der Waals surface area contributed by atoms with Crippen LogP contribution in [0.4, 0.5) is 0 Å². The van der Waals surface area contributed by atoms with Crippen molar-refractivity contribution in [2.24, 2.45) is 0 Å². The third kappa shape index (κ3) is 3.88. The molecule has 1 amide bonds. The SMILES string of the molecule is C[NH+]1CNCC1(C)CCC(NC(=O)c1cc(Br)c[nH]1)C(=O)[O-]. The highest BCUT2D eigenvalue weighted by atomic mass is 79.9. The number of rotatable bonds is 6. The van der Waals surface area contributed by atoms with Gasteiger partial charge in [-0.05, 0) is 35.3 Å². The van der Waals surface area contributed by atoms with Crippen molar-refractivity contribution in [2.75, 3.05) is 20.3 Å². The number of amides is 1. The number of carboxylic acids is 1. The van der Waals surface area contributed by atoms with Gasteiger partial charge < -0.3 is 25.1 Å². The fraction of sp³-hybridized carbons (Fsp3) is 0.571. The predicted octanol–water partition coefficient (Wildman–Crippen LogP) is -1.76. The van der Waals surface area contributed by atoms with Crippen molar-refractivity contribution in [1.29, 1.82) is 0 Å². The number of hydrogen-bond acceptors (Lipinski definition) is 4. The molecule has 2 rings (SSSR count). The Bertz CT molecular complexity index is 562. The van der Waals surface area contributed by atoms with E-state index < -0.39 is 17.9 Å². The fourth-order valence-corrected chi connectivity index (χ4v) is 2.98. The maximum absolute atomic E-state index is 12.0. The quantitative estimate of drug-likeness (QED) is 0.475. The van der Waals surface area contributed by atoms with Gasteiger partial charge in [0.15, 0.2) is 0 Å². The number of halogens is 1. The standard InChI is InChI=1S/C14H21BrN4O3/c1-14(7-16-8-19(14)2)4-3-10(13(21)22)18-12(20)11-5-9(15)6-17-11/h5-6,10,16-17H,3-4,7-8H2,1-2H3,(H,18,20)(H,21,22). The zero-order valence-corrected chi connectivity index (χ0v) is 14.2. The Morgan fingerprint density at radius 3 is 2.82 bits per heavy atom. The summed E-state index contributed by atoms with van der Waals surface area (Å²) in [7, 11) is 2.07. The number of carbonyl (C=O) groups excluding carboxylic acids is 2. The fourth-order valence-electron chi connectivity index (χ4n) is 2.64. The van der Waals surface area contributed by atoms with E-state index in [1.165, 1.54) is 4.90 Å². The first-order chi connectivity index (χ1) is 10.3. The lowest BCUT2D eigenvalue weighted by Crippen LogP contribution is -3.15. The van der Waals surface area contributed by atoms with Crippen LogP contribution in [0.1, 0.15) is 30.3 Å². The zero-order chi connectivity index (χ0) is 16.3. The highest BCUT2D eigenvalue weighted by Crippen LogP contribution is 2.13. The summed E-state index contributed by atoms with van der Waals surface area (Å²) < 4.78 is 0.734. The molecule has 4 N–H and O–H groups in total. The van der Waals surface area contributed by atoms with Crippen LogP contribution in [0.25, 0.3) is 0 Å². The van der Waals surface area contributed by atoms with Gasteiger partial charge in [-0.15, -0.1) is 0 Å². The van der Waals surface area contributed by atoms with Crippen molar-refractivity contribution in [3.8, 4) is 0 Å². The Kier molecular flexibility index (Phi) is 5.25. The molecule has 1 aliphatic heterocycles. The van der Waals surface area contributed by atoms with E-state index in [4.69, 9.17) is 0 Å². The van der Waals surface area contributed by atoms with E-state index in [0.29, 0.717) is 18.5 Å². The number of quaternary nitrogens is 1. The smallest absolute Gasteiger partial charge is 0.268 e. The Balaban J connectivity index is 1.95. The maximum atomic E-state index is 12.0. The van der Waals surface area contributed by atoms with Crippen LogP contribution in [0.5, 0.6) is 0 Å². The van der Waals surface area contributed by atoms with Crippen molar-refractivity contribution in [2.45, 2.75) is 31.3 Å². The number of carboxylic acid groups (broad SMARTS) is 1. The van der Waals surface area contributed by atoms with Gasteiger partial charge in [0.25, 0.3) is 5.91 Å². The first-order valence-corrected chi connectivity index (χ1v) is 8.00. The van der Waals surface area contributed by atoms with Crippen molar-refractivity contribution in [3.63, 3.8) is 0 Å². The minimum Gasteiger partial charge on any atom is -0.548 e. The normalized spacial score (nSPS) is 25.9. The van der Waals surface area contributed by atoms with E-state index in [9.17, 15) is 14.7 Å². The molecule has 0 spiro atoms. The number of aromatic nitrogens is 1. The van der Waals surface area contributed by atoms with Gasteiger partial charge in [-0.25, -0.2) is 0 Å². The van der Waals surface area contributed by atoms with Gasteiger partial charge in [-0.1, -0.05) is 0 Å². The second-order valence-electron chi connectivity index (χ2n) is 6.06. The van der Waals surface area contributed by atoms with Crippen LogP contribution in [0.15, 0.2) is 16.7 Å². The summed E-state index contributed by atoms with van der Waals surface area (Å²) in [5.41, 5.74) is 0.281. The summed E-state index contributed by atoms with van der Waals surface area (Å²) in [5.74, 6) is -1.71. The predicted molar refractivity (Wildman–Crippen MR) is 82.1 cm³/mol. The first kappa shape index (κ1) is 17.0. The highest BCUT2D eigenvalue weighted by molar-refractivity contribution is 9.10. The molecule has 0 bridgehead atoms. The summed E-state index contributed by atoms with van der Waals surface area (Å²) in [6, 6.07) is 0.599. The molecule has 3 unspecified atom stereocenters. The molecule has 1 aliphatic rings. The molecule has 1 fully saturated rings. The number of aliphatic carboxylic acids is 1. The summed E-state index contributed by atoms with van der Waals surface area (Å²) >= 11 is 3.24. The van der Waals surface area contributed by atoms with Crippen LogP contribution >= 0.6 is 15.9 Å². The van der Waals surface area contributed by atoms with E-state index in [-0.39, 0.29) is 5.54 Å². The van der Waals surface area contributed by atoms with Crippen LogP contribution in [-0.2, 0) is 4.79 Å². The second-order valence-corrected chi connectivity index (χ2v) is 6.98. The highest BCUT2D eigenvalue weighted by Gasteiger charge is 2.38. The van der Waals surface area contributed by atoms with E-state index >= 15 is 0 Å². The van der Waals surface area contributed by atoms with E-state index in [1.807, 2.05) is 0 Å². The summed E-state index contributed by atoms with van der Waals surface area (Å²) in [6.45, 7) is 3.80. The minimum atomic E-state index is -1.26. The summed E-state index contributed by atoms with van der Waals surface area (Å²) in [4.78, 5) is 27.4. The molecule has 8 heteroatoms. The summed E-state index contributed by atoms with van der Waals surface area (Å²) in [5, 5.41) is 17.1. The molecule has 1 aromatic heterocycles. The third-order valence-corrected chi connectivity index (χ3v) is 4.86. The molecule has 0 aromatic carbocycles. The molecule has 3 atom stereocenters. The van der Waals surface area contributed by atoms with Crippen LogP contribution in [-0.4, -0.2) is 48.7 Å². The molecule has 7 nitrogen and oxygen atoms in total. The van der Waals surface area contributed by atoms with E-state index in [0.717, 1.165) is 17.7 Å². The minimum absolute atomic E-state index is 0.0338.